The van der Waals surface area contributed by atoms with E-state index in [2.05, 4.69) is 17.4 Å². The molecule has 0 bridgehead atoms. The second-order valence-electron chi connectivity index (χ2n) is 5.90. The molecule has 1 amide bonds. The lowest BCUT2D eigenvalue weighted by atomic mass is 10.1. The standard InChI is InChI=1S/C17H19ClN2OS/c1-20(10-15-7-8-16(18)22-15)11-17(21)19-14-6-5-12-3-2-4-13(12)9-14/h5-9H,2-4,10-11H2,1H3,(H,19,21)/p+1. The number of likely N-dealkylation sites (N-methyl/N-ethyl adjacent to an activating group) is 1. The number of nitrogens with one attached hydrogen (secondary N) is 2. The van der Waals surface area contributed by atoms with E-state index in [9.17, 15) is 4.79 Å². The number of fused-ring (bicyclic) bond motifs is 1. The molecule has 0 saturated heterocycles. The molecular formula is C17H20ClN2OS+. The Bertz CT molecular complexity index is 683. The number of hydrogen-bond donors (Lipinski definition) is 2. The van der Waals surface area contributed by atoms with Crippen LogP contribution in [0.2, 0.25) is 4.34 Å². The Labute approximate surface area is 139 Å². The van der Waals surface area contributed by atoms with E-state index in [0.717, 1.165) is 27.9 Å². The van der Waals surface area contributed by atoms with Crippen LogP contribution in [0.25, 0.3) is 0 Å². The van der Waals surface area contributed by atoms with Crippen LogP contribution in [0.4, 0.5) is 5.69 Å². The molecule has 0 fully saturated rings. The Morgan fingerprint density at radius 1 is 1.27 bits per heavy atom. The van der Waals surface area contributed by atoms with E-state index in [1.54, 1.807) is 11.3 Å². The zero-order valence-electron chi connectivity index (χ0n) is 12.6. The van der Waals surface area contributed by atoms with Crippen molar-refractivity contribution >= 4 is 34.5 Å². The summed E-state index contributed by atoms with van der Waals surface area (Å²) in [6, 6.07) is 10.2. The van der Waals surface area contributed by atoms with Crippen LogP contribution < -0.4 is 10.2 Å². The SMILES string of the molecule is C[NH+](CC(=O)Nc1ccc2c(c1)CCC2)Cc1ccc(Cl)s1. The first-order valence-corrected chi connectivity index (χ1v) is 8.77. The second kappa shape index (κ2) is 6.82. The molecule has 1 aliphatic carbocycles. The second-order valence-corrected chi connectivity index (χ2v) is 7.70. The highest BCUT2D eigenvalue weighted by Gasteiger charge is 2.14. The number of rotatable bonds is 5. The van der Waals surface area contributed by atoms with Crippen LogP contribution in [-0.2, 0) is 24.2 Å². The van der Waals surface area contributed by atoms with E-state index in [1.807, 2.05) is 25.2 Å². The number of anilines is 1. The number of quaternary nitrogens is 1. The fraction of sp³-hybridized carbons (Fsp3) is 0.353. The third kappa shape index (κ3) is 3.88. The average Bonchev–Trinajstić information content (AvgIpc) is 3.06. The van der Waals surface area contributed by atoms with Gasteiger partial charge in [0, 0.05) is 5.69 Å². The smallest absolute Gasteiger partial charge is 0.279 e. The van der Waals surface area contributed by atoms with Crippen LogP contribution in [0.3, 0.4) is 0 Å². The van der Waals surface area contributed by atoms with Gasteiger partial charge in [0.2, 0.25) is 0 Å². The fourth-order valence-corrected chi connectivity index (χ4v) is 4.14. The molecule has 1 unspecified atom stereocenters. The Morgan fingerprint density at radius 2 is 2.09 bits per heavy atom. The number of benzene rings is 1. The quantitative estimate of drug-likeness (QED) is 0.865. The zero-order valence-corrected chi connectivity index (χ0v) is 14.2. The van der Waals surface area contributed by atoms with Gasteiger partial charge >= 0.3 is 0 Å². The van der Waals surface area contributed by atoms with Crippen molar-refractivity contribution in [3.8, 4) is 0 Å². The maximum absolute atomic E-state index is 12.2. The maximum atomic E-state index is 12.2. The number of aryl methyl sites for hydroxylation is 2. The van der Waals surface area contributed by atoms with Crippen LogP contribution in [0, 0.1) is 0 Å². The van der Waals surface area contributed by atoms with Crippen LogP contribution in [0.15, 0.2) is 30.3 Å². The normalized spacial score (nSPS) is 14.6. The first kappa shape index (κ1) is 15.5. The molecule has 0 saturated carbocycles. The van der Waals surface area contributed by atoms with Gasteiger partial charge in [-0.25, -0.2) is 0 Å². The summed E-state index contributed by atoms with van der Waals surface area (Å²) in [6.07, 6.45) is 3.52. The van der Waals surface area contributed by atoms with Crippen LogP contribution in [0.5, 0.6) is 0 Å². The van der Waals surface area contributed by atoms with E-state index in [1.165, 1.54) is 28.8 Å². The lowest BCUT2D eigenvalue weighted by Crippen LogP contribution is -3.08. The lowest BCUT2D eigenvalue weighted by molar-refractivity contribution is -0.884. The number of amides is 1. The van der Waals surface area contributed by atoms with Gasteiger partial charge in [0.25, 0.3) is 5.91 Å². The van der Waals surface area contributed by atoms with Crippen LogP contribution in [-0.4, -0.2) is 19.5 Å². The molecule has 1 aromatic heterocycles. The summed E-state index contributed by atoms with van der Waals surface area (Å²) in [5, 5.41) is 3.01. The third-order valence-corrected chi connectivity index (χ3v) is 5.18. The van der Waals surface area contributed by atoms with E-state index < -0.39 is 0 Å². The lowest BCUT2D eigenvalue weighted by Gasteiger charge is -2.13. The molecule has 116 valence electrons. The summed E-state index contributed by atoms with van der Waals surface area (Å²) >= 11 is 7.51. The molecule has 0 spiro atoms. The van der Waals surface area contributed by atoms with E-state index in [0.29, 0.717) is 6.54 Å². The summed E-state index contributed by atoms with van der Waals surface area (Å²) in [5.41, 5.74) is 3.72. The molecule has 1 heterocycles. The fourth-order valence-electron chi connectivity index (χ4n) is 2.94. The van der Waals surface area contributed by atoms with Gasteiger partial charge in [-0.3, -0.25) is 4.79 Å². The summed E-state index contributed by atoms with van der Waals surface area (Å²) in [6.45, 7) is 1.27. The van der Waals surface area contributed by atoms with Crippen molar-refractivity contribution in [3.05, 3.63) is 50.7 Å². The first-order valence-electron chi connectivity index (χ1n) is 7.57. The zero-order chi connectivity index (χ0) is 15.5. The van der Waals surface area contributed by atoms with Gasteiger partial charge in [0.15, 0.2) is 6.54 Å². The highest BCUT2D eigenvalue weighted by Crippen LogP contribution is 2.24. The van der Waals surface area contributed by atoms with Crippen molar-refractivity contribution in [2.24, 2.45) is 0 Å². The Morgan fingerprint density at radius 3 is 2.86 bits per heavy atom. The molecule has 0 radical (unpaired) electrons. The van der Waals surface area contributed by atoms with Gasteiger partial charge in [-0.05, 0) is 54.7 Å². The molecule has 5 heteroatoms. The minimum atomic E-state index is 0.0538. The average molecular weight is 336 g/mol. The Balaban J connectivity index is 1.53. The number of halogens is 1. The number of carbonyl (C=O) groups excluding carboxylic acids is 1. The van der Waals surface area contributed by atoms with Crippen molar-refractivity contribution < 1.29 is 9.69 Å². The molecule has 1 aliphatic rings. The van der Waals surface area contributed by atoms with Gasteiger partial charge in [0.1, 0.15) is 6.54 Å². The van der Waals surface area contributed by atoms with Crippen LogP contribution >= 0.6 is 22.9 Å². The predicted octanol–water partition coefficient (Wildman–Crippen LogP) is 2.54. The number of thiophene rings is 1. The summed E-state index contributed by atoms with van der Waals surface area (Å²) in [7, 11) is 2.02. The molecule has 3 nitrogen and oxygen atoms in total. The molecule has 1 atom stereocenters. The van der Waals surface area contributed by atoms with Crippen molar-refractivity contribution in [3.63, 3.8) is 0 Å². The minimum Gasteiger partial charge on any atom is -0.325 e. The number of hydrogen-bond acceptors (Lipinski definition) is 2. The van der Waals surface area contributed by atoms with Crippen molar-refractivity contribution in [2.45, 2.75) is 25.8 Å². The molecule has 1 aromatic carbocycles. The molecule has 22 heavy (non-hydrogen) atoms. The summed E-state index contributed by atoms with van der Waals surface area (Å²) < 4.78 is 0.797. The van der Waals surface area contributed by atoms with E-state index in [4.69, 9.17) is 11.6 Å². The van der Waals surface area contributed by atoms with Gasteiger partial charge in [-0.1, -0.05) is 17.7 Å². The highest BCUT2D eigenvalue weighted by molar-refractivity contribution is 7.16. The van der Waals surface area contributed by atoms with Gasteiger partial charge in [-0.2, -0.15) is 0 Å². The van der Waals surface area contributed by atoms with Gasteiger partial charge < -0.3 is 10.2 Å². The first-order chi connectivity index (χ1) is 10.6. The van der Waals surface area contributed by atoms with E-state index in [-0.39, 0.29) is 5.91 Å². The number of carbonyl (C=O) groups is 1. The molecule has 3 rings (SSSR count). The van der Waals surface area contributed by atoms with Crippen molar-refractivity contribution in [1.82, 2.24) is 0 Å². The predicted molar refractivity (Wildman–Crippen MR) is 91.9 cm³/mol. The topological polar surface area (TPSA) is 33.5 Å². The Hall–Kier alpha value is -1.36. The Kier molecular flexibility index (Phi) is 4.81. The van der Waals surface area contributed by atoms with Crippen LogP contribution in [0.1, 0.15) is 22.4 Å². The minimum absolute atomic E-state index is 0.0538. The molecular weight excluding hydrogens is 316 g/mol. The largest absolute Gasteiger partial charge is 0.325 e. The van der Waals surface area contributed by atoms with Gasteiger partial charge in [0.05, 0.1) is 16.3 Å². The molecule has 2 aromatic rings. The third-order valence-electron chi connectivity index (χ3n) is 3.95. The monoisotopic (exact) mass is 335 g/mol. The van der Waals surface area contributed by atoms with Crippen molar-refractivity contribution in [1.29, 1.82) is 0 Å². The van der Waals surface area contributed by atoms with E-state index >= 15 is 0 Å². The summed E-state index contributed by atoms with van der Waals surface area (Å²) in [4.78, 5) is 14.5. The summed E-state index contributed by atoms with van der Waals surface area (Å²) in [5.74, 6) is 0.0538. The highest BCUT2D eigenvalue weighted by atomic mass is 35.5. The van der Waals surface area contributed by atoms with Crippen molar-refractivity contribution in [2.75, 3.05) is 18.9 Å². The molecule has 2 N–H and O–H groups in total. The maximum Gasteiger partial charge on any atom is 0.279 e. The molecule has 0 aliphatic heterocycles. The van der Waals surface area contributed by atoms with Gasteiger partial charge in [-0.15, -0.1) is 11.3 Å².